The Morgan fingerprint density at radius 3 is 2.15 bits per heavy atom. The van der Waals surface area contributed by atoms with Gasteiger partial charge in [0.1, 0.15) is 5.75 Å². The van der Waals surface area contributed by atoms with E-state index in [4.69, 9.17) is 10.00 Å². The molecule has 0 N–H and O–H groups in total. The largest absolute Gasteiger partial charge is 0.427 e. The van der Waals surface area contributed by atoms with Crippen LogP contribution in [0.4, 0.5) is 0 Å². The third-order valence-corrected chi connectivity index (χ3v) is 4.70. The zero-order valence-corrected chi connectivity index (χ0v) is 14.7. The minimum Gasteiger partial charge on any atom is -0.427 e. The van der Waals surface area contributed by atoms with Gasteiger partial charge in [0, 0.05) is 6.42 Å². The molecule has 0 unspecified atom stereocenters. The van der Waals surface area contributed by atoms with Crippen molar-refractivity contribution in [2.45, 2.75) is 12.8 Å². The topological polar surface area (TPSA) is 67.2 Å². The van der Waals surface area contributed by atoms with Gasteiger partial charge < -0.3 is 4.74 Å². The molecule has 0 bridgehead atoms. The van der Waals surface area contributed by atoms with Gasteiger partial charge in [0.05, 0.1) is 22.9 Å². The highest BCUT2D eigenvalue weighted by Crippen LogP contribution is 2.23. The molecule has 0 aliphatic heterocycles. The lowest BCUT2D eigenvalue weighted by Crippen LogP contribution is -2.10. The number of esters is 1. The Morgan fingerprint density at radius 2 is 1.58 bits per heavy atom. The molecule has 1 heterocycles. The predicted octanol–water partition coefficient (Wildman–Crippen LogP) is 4.86. The SMILES string of the molecule is N#Cc1ccc(-c2ccc(OC(=O)CCC(=O)c3cccs3)cc2)cc1. The first-order chi connectivity index (χ1) is 12.7. The zero-order chi connectivity index (χ0) is 18.4. The van der Waals surface area contributed by atoms with Gasteiger partial charge in [0.25, 0.3) is 0 Å². The second-order valence-corrected chi connectivity index (χ2v) is 6.54. The molecule has 0 radical (unpaired) electrons. The van der Waals surface area contributed by atoms with E-state index in [0.717, 1.165) is 11.1 Å². The minimum absolute atomic E-state index is 0.0480. The van der Waals surface area contributed by atoms with Crippen LogP contribution >= 0.6 is 11.3 Å². The number of ether oxygens (including phenoxy) is 1. The maximum absolute atomic E-state index is 11.9. The summed E-state index contributed by atoms with van der Waals surface area (Å²) in [5.74, 6) is -0.0369. The molecule has 3 aromatic rings. The van der Waals surface area contributed by atoms with Gasteiger partial charge in [-0.2, -0.15) is 5.26 Å². The first-order valence-corrected chi connectivity index (χ1v) is 8.91. The number of Topliss-reactive ketones (excluding diaryl/α,β-unsaturated/α-hetero) is 1. The van der Waals surface area contributed by atoms with E-state index in [1.54, 1.807) is 30.3 Å². The van der Waals surface area contributed by atoms with E-state index in [0.29, 0.717) is 16.2 Å². The lowest BCUT2D eigenvalue weighted by molar-refractivity contribution is -0.134. The van der Waals surface area contributed by atoms with Crippen LogP contribution in [0.5, 0.6) is 5.75 Å². The van der Waals surface area contributed by atoms with Crippen LogP contribution in [0.1, 0.15) is 28.1 Å². The first kappa shape index (κ1) is 17.6. The number of benzene rings is 2. The quantitative estimate of drug-likeness (QED) is 0.357. The first-order valence-electron chi connectivity index (χ1n) is 8.04. The smallest absolute Gasteiger partial charge is 0.311 e. The van der Waals surface area contributed by atoms with Gasteiger partial charge in [-0.25, -0.2) is 0 Å². The van der Waals surface area contributed by atoms with Crippen LogP contribution in [0, 0.1) is 11.3 Å². The van der Waals surface area contributed by atoms with E-state index in [2.05, 4.69) is 6.07 Å². The van der Waals surface area contributed by atoms with Gasteiger partial charge in [-0.1, -0.05) is 30.3 Å². The molecule has 128 valence electrons. The molecule has 0 atom stereocenters. The Morgan fingerprint density at radius 1 is 0.923 bits per heavy atom. The van der Waals surface area contributed by atoms with Gasteiger partial charge in [-0.15, -0.1) is 11.3 Å². The van der Waals surface area contributed by atoms with Crippen molar-refractivity contribution in [2.75, 3.05) is 0 Å². The molecule has 2 aromatic carbocycles. The summed E-state index contributed by atoms with van der Waals surface area (Å²) in [4.78, 5) is 24.5. The van der Waals surface area contributed by atoms with Crippen molar-refractivity contribution in [2.24, 2.45) is 0 Å². The van der Waals surface area contributed by atoms with Crippen LogP contribution in [0.2, 0.25) is 0 Å². The monoisotopic (exact) mass is 361 g/mol. The molecule has 26 heavy (non-hydrogen) atoms. The van der Waals surface area contributed by atoms with E-state index in [1.807, 2.05) is 35.7 Å². The number of hydrogen-bond donors (Lipinski definition) is 0. The van der Waals surface area contributed by atoms with Crippen LogP contribution in [0.15, 0.2) is 66.0 Å². The van der Waals surface area contributed by atoms with Crippen LogP contribution < -0.4 is 4.74 Å². The average Bonchev–Trinajstić information content (AvgIpc) is 3.22. The van der Waals surface area contributed by atoms with Crippen LogP contribution in [0.3, 0.4) is 0 Å². The van der Waals surface area contributed by atoms with Gasteiger partial charge in [0.2, 0.25) is 0 Å². The molecule has 3 rings (SSSR count). The van der Waals surface area contributed by atoms with Gasteiger partial charge in [-0.05, 0) is 46.8 Å². The molecule has 0 saturated carbocycles. The number of rotatable bonds is 6. The Kier molecular flexibility index (Phi) is 5.57. The summed E-state index contributed by atoms with van der Waals surface area (Å²) in [5.41, 5.74) is 2.54. The van der Waals surface area contributed by atoms with Gasteiger partial charge in [-0.3, -0.25) is 9.59 Å². The predicted molar refractivity (Wildman–Crippen MR) is 100 cm³/mol. The van der Waals surface area contributed by atoms with Crippen LogP contribution in [0.25, 0.3) is 11.1 Å². The molecule has 5 heteroatoms. The summed E-state index contributed by atoms with van der Waals surface area (Å²) < 4.78 is 5.28. The number of thiophene rings is 1. The van der Waals surface area contributed by atoms with E-state index in [9.17, 15) is 9.59 Å². The number of nitriles is 1. The second kappa shape index (κ2) is 8.24. The van der Waals surface area contributed by atoms with E-state index < -0.39 is 5.97 Å². The van der Waals surface area contributed by atoms with E-state index >= 15 is 0 Å². The van der Waals surface area contributed by atoms with Crippen molar-refractivity contribution < 1.29 is 14.3 Å². The van der Waals surface area contributed by atoms with Gasteiger partial charge in [0.15, 0.2) is 5.78 Å². The number of nitrogens with zero attached hydrogens (tertiary/aromatic N) is 1. The standard InChI is InChI=1S/C21H15NO3S/c22-14-15-3-5-16(6-4-15)17-7-9-18(10-8-17)25-21(24)12-11-19(23)20-2-1-13-26-20/h1-10,13H,11-12H2. The average molecular weight is 361 g/mol. The van der Waals surface area contributed by atoms with E-state index in [-0.39, 0.29) is 18.6 Å². The number of hydrogen-bond acceptors (Lipinski definition) is 5. The molecule has 0 saturated heterocycles. The molecule has 0 amide bonds. The molecule has 4 nitrogen and oxygen atoms in total. The third-order valence-electron chi connectivity index (χ3n) is 3.79. The number of ketones is 1. The highest BCUT2D eigenvalue weighted by Gasteiger charge is 2.11. The van der Waals surface area contributed by atoms with Gasteiger partial charge >= 0.3 is 5.97 Å². The molecule has 0 aliphatic carbocycles. The van der Waals surface area contributed by atoms with Crippen molar-refractivity contribution in [1.82, 2.24) is 0 Å². The van der Waals surface area contributed by atoms with Crippen LogP contribution in [-0.2, 0) is 4.79 Å². The highest BCUT2D eigenvalue weighted by atomic mass is 32.1. The lowest BCUT2D eigenvalue weighted by atomic mass is 10.0. The molecule has 0 fully saturated rings. The normalized spacial score (nSPS) is 10.1. The number of carbonyl (C=O) groups is 2. The molecule has 1 aromatic heterocycles. The van der Waals surface area contributed by atoms with Crippen molar-refractivity contribution in [3.63, 3.8) is 0 Å². The summed E-state index contributed by atoms with van der Waals surface area (Å²) in [7, 11) is 0. The van der Waals surface area contributed by atoms with Crippen molar-refractivity contribution in [1.29, 1.82) is 5.26 Å². The highest BCUT2D eigenvalue weighted by molar-refractivity contribution is 7.12. The minimum atomic E-state index is -0.430. The second-order valence-electron chi connectivity index (χ2n) is 5.59. The zero-order valence-electron chi connectivity index (χ0n) is 13.8. The summed E-state index contributed by atoms with van der Waals surface area (Å²) in [6.07, 6.45) is 0.191. The van der Waals surface area contributed by atoms with Crippen LogP contribution in [-0.4, -0.2) is 11.8 Å². The fourth-order valence-corrected chi connectivity index (χ4v) is 3.11. The van der Waals surface area contributed by atoms with E-state index in [1.165, 1.54) is 11.3 Å². The summed E-state index contributed by atoms with van der Waals surface area (Å²) >= 11 is 1.37. The molecular formula is C21H15NO3S. The Bertz CT molecular complexity index is 936. The Labute approximate surface area is 155 Å². The third kappa shape index (κ3) is 4.44. The van der Waals surface area contributed by atoms with Crippen molar-refractivity contribution >= 4 is 23.1 Å². The van der Waals surface area contributed by atoms with Crippen molar-refractivity contribution in [3.8, 4) is 22.9 Å². The Balaban J connectivity index is 1.55. The summed E-state index contributed by atoms with van der Waals surface area (Å²) in [6, 6.07) is 20.0. The summed E-state index contributed by atoms with van der Waals surface area (Å²) in [5, 5.41) is 10.7. The molecule has 0 aliphatic rings. The molecule has 0 spiro atoms. The fraction of sp³-hybridized carbons (Fsp3) is 0.0952. The fourth-order valence-electron chi connectivity index (χ4n) is 2.41. The summed E-state index contributed by atoms with van der Waals surface area (Å²) in [6.45, 7) is 0. The molecular weight excluding hydrogens is 346 g/mol. The lowest BCUT2D eigenvalue weighted by Gasteiger charge is -2.06. The number of carbonyl (C=O) groups excluding carboxylic acids is 2. The Hall–Kier alpha value is -3.23. The maximum atomic E-state index is 11.9. The maximum Gasteiger partial charge on any atom is 0.311 e. The van der Waals surface area contributed by atoms with Crippen molar-refractivity contribution in [3.05, 3.63) is 76.5 Å².